The summed E-state index contributed by atoms with van der Waals surface area (Å²) in [6.45, 7) is 0.963. The van der Waals surface area contributed by atoms with E-state index < -0.39 is 0 Å². The molecular weight excluding hydrogens is 138 g/mol. The van der Waals surface area contributed by atoms with Crippen LogP contribution >= 0.6 is 0 Å². The van der Waals surface area contributed by atoms with E-state index in [2.05, 4.69) is 6.08 Å². The number of amides is 1. The van der Waals surface area contributed by atoms with Gasteiger partial charge in [0.1, 0.15) is 0 Å². The Kier molecular flexibility index (Phi) is 1.68. The molecule has 0 aromatic carbocycles. The molecule has 1 saturated heterocycles. The van der Waals surface area contributed by atoms with Gasteiger partial charge in [-0.05, 0) is 25.7 Å². The molecule has 0 atom stereocenters. The highest BCUT2D eigenvalue weighted by Gasteiger charge is 2.23. The first-order valence-corrected chi connectivity index (χ1v) is 4.37. The lowest BCUT2D eigenvalue weighted by atomic mass is 10.0. The van der Waals surface area contributed by atoms with E-state index in [4.69, 9.17) is 0 Å². The van der Waals surface area contributed by atoms with E-state index in [1.54, 1.807) is 0 Å². The van der Waals surface area contributed by atoms with E-state index >= 15 is 0 Å². The van der Waals surface area contributed by atoms with Crippen molar-refractivity contribution in [1.82, 2.24) is 4.90 Å². The molecule has 11 heavy (non-hydrogen) atoms. The Bertz CT molecular complexity index is 208. The Morgan fingerprint density at radius 2 is 2.18 bits per heavy atom. The molecule has 1 fully saturated rings. The molecule has 0 radical (unpaired) electrons. The Labute approximate surface area is 66.9 Å². The number of nitrogens with zero attached hydrogens (tertiary/aromatic N) is 1. The van der Waals surface area contributed by atoms with Crippen LogP contribution in [0.25, 0.3) is 0 Å². The van der Waals surface area contributed by atoms with Gasteiger partial charge in [0.15, 0.2) is 0 Å². The summed E-state index contributed by atoms with van der Waals surface area (Å²) in [7, 11) is 0. The van der Waals surface area contributed by atoms with Gasteiger partial charge in [0.2, 0.25) is 5.91 Å². The van der Waals surface area contributed by atoms with Gasteiger partial charge >= 0.3 is 0 Å². The van der Waals surface area contributed by atoms with Crippen LogP contribution in [0.4, 0.5) is 0 Å². The predicted molar refractivity (Wildman–Crippen MR) is 42.9 cm³/mol. The second-order valence-electron chi connectivity index (χ2n) is 3.24. The molecule has 0 aromatic heterocycles. The van der Waals surface area contributed by atoms with Gasteiger partial charge in [-0.1, -0.05) is 6.08 Å². The third-order valence-electron chi connectivity index (χ3n) is 2.45. The highest BCUT2D eigenvalue weighted by atomic mass is 16.2. The predicted octanol–water partition coefficient (Wildman–Crippen LogP) is 1.68. The third-order valence-corrected chi connectivity index (χ3v) is 2.45. The number of hydrogen-bond donors (Lipinski definition) is 0. The highest BCUT2D eigenvalue weighted by Crippen LogP contribution is 2.25. The first-order chi connectivity index (χ1) is 5.38. The van der Waals surface area contributed by atoms with Crippen LogP contribution in [0, 0.1) is 0 Å². The lowest BCUT2D eigenvalue weighted by molar-refractivity contribution is -0.130. The van der Waals surface area contributed by atoms with Crippen molar-refractivity contribution in [2.24, 2.45) is 0 Å². The maximum atomic E-state index is 11.3. The minimum Gasteiger partial charge on any atom is -0.317 e. The largest absolute Gasteiger partial charge is 0.317 e. The SMILES string of the molecule is O=C1CCC=C2CCCCN12. The first kappa shape index (κ1) is 6.89. The minimum atomic E-state index is 0.335. The van der Waals surface area contributed by atoms with E-state index in [9.17, 15) is 4.79 Å². The van der Waals surface area contributed by atoms with Crippen LogP contribution in [-0.2, 0) is 4.79 Å². The third kappa shape index (κ3) is 1.17. The molecule has 2 heterocycles. The molecule has 2 heteroatoms. The van der Waals surface area contributed by atoms with Crippen LogP contribution in [0.15, 0.2) is 11.8 Å². The minimum absolute atomic E-state index is 0.335. The number of fused-ring (bicyclic) bond motifs is 1. The van der Waals surface area contributed by atoms with E-state index in [-0.39, 0.29) is 0 Å². The van der Waals surface area contributed by atoms with Gasteiger partial charge in [-0.25, -0.2) is 0 Å². The van der Waals surface area contributed by atoms with Gasteiger partial charge in [0.05, 0.1) is 0 Å². The fourth-order valence-electron chi connectivity index (χ4n) is 1.85. The highest BCUT2D eigenvalue weighted by molar-refractivity contribution is 5.79. The molecule has 2 nitrogen and oxygen atoms in total. The summed E-state index contributed by atoms with van der Waals surface area (Å²) >= 11 is 0. The molecule has 0 aliphatic carbocycles. The molecule has 0 saturated carbocycles. The maximum absolute atomic E-state index is 11.3. The summed E-state index contributed by atoms with van der Waals surface area (Å²) in [5, 5.41) is 0. The standard InChI is InChI=1S/C9H13NO/c11-9-6-3-5-8-4-1-2-7-10(8)9/h5H,1-4,6-7H2. The smallest absolute Gasteiger partial charge is 0.227 e. The van der Waals surface area contributed by atoms with Crippen LogP contribution in [0.3, 0.4) is 0 Å². The van der Waals surface area contributed by atoms with Crippen molar-refractivity contribution >= 4 is 5.91 Å². The molecule has 2 aliphatic heterocycles. The van der Waals surface area contributed by atoms with Crippen molar-refractivity contribution in [3.8, 4) is 0 Å². The number of piperidine rings is 1. The average Bonchev–Trinajstić information content (AvgIpc) is 2.06. The van der Waals surface area contributed by atoms with Gasteiger partial charge in [-0.2, -0.15) is 0 Å². The van der Waals surface area contributed by atoms with Gasteiger partial charge in [-0.3, -0.25) is 4.79 Å². The van der Waals surface area contributed by atoms with E-state index in [0.29, 0.717) is 5.91 Å². The zero-order valence-electron chi connectivity index (χ0n) is 6.68. The number of carbonyl (C=O) groups is 1. The van der Waals surface area contributed by atoms with Crippen LogP contribution in [0.2, 0.25) is 0 Å². The molecule has 1 amide bonds. The Hall–Kier alpha value is -0.790. The summed E-state index contributed by atoms with van der Waals surface area (Å²) in [5.41, 5.74) is 1.28. The summed E-state index contributed by atoms with van der Waals surface area (Å²) in [6, 6.07) is 0. The molecule has 0 aromatic rings. The topological polar surface area (TPSA) is 20.3 Å². The second-order valence-corrected chi connectivity index (χ2v) is 3.24. The lowest BCUT2D eigenvalue weighted by Crippen LogP contribution is -2.35. The fourth-order valence-corrected chi connectivity index (χ4v) is 1.85. The molecule has 0 bridgehead atoms. The molecule has 0 N–H and O–H groups in total. The molecule has 2 rings (SSSR count). The zero-order valence-corrected chi connectivity index (χ0v) is 6.68. The summed E-state index contributed by atoms with van der Waals surface area (Å²) in [5.74, 6) is 0.335. The van der Waals surface area contributed by atoms with Crippen molar-refractivity contribution in [2.45, 2.75) is 32.1 Å². The number of hydrogen-bond acceptors (Lipinski definition) is 1. The Balaban J connectivity index is 2.19. The normalized spacial score (nSPS) is 24.5. The van der Waals surface area contributed by atoms with Crippen LogP contribution in [-0.4, -0.2) is 17.4 Å². The molecule has 2 aliphatic rings. The van der Waals surface area contributed by atoms with E-state index in [1.165, 1.54) is 18.5 Å². The molecular formula is C9H13NO. The van der Waals surface area contributed by atoms with Crippen LogP contribution in [0.5, 0.6) is 0 Å². The van der Waals surface area contributed by atoms with Crippen molar-refractivity contribution in [3.05, 3.63) is 11.8 Å². The fraction of sp³-hybridized carbons (Fsp3) is 0.667. The summed E-state index contributed by atoms with van der Waals surface area (Å²) < 4.78 is 0. The van der Waals surface area contributed by atoms with Crippen LogP contribution in [0.1, 0.15) is 32.1 Å². The summed E-state index contributed by atoms with van der Waals surface area (Å²) in [4.78, 5) is 13.3. The quantitative estimate of drug-likeness (QED) is 0.515. The van der Waals surface area contributed by atoms with Crippen molar-refractivity contribution < 1.29 is 4.79 Å². The first-order valence-electron chi connectivity index (χ1n) is 4.37. The number of carbonyl (C=O) groups excluding carboxylic acids is 1. The zero-order chi connectivity index (χ0) is 7.68. The van der Waals surface area contributed by atoms with Gasteiger partial charge in [-0.15, -0.1) is 0 Å². The van der Waals surface area contributed by atoms with Gasteiger partial charge < -0.3 is 4.90 Å². The maximum Gasteiger partial charge on any atom is 0.227 e. The Morgan fingerprint density at radius 1 is 1.27 bits per heavy atom. The number of rotatable bonds is 0. The van der Waals surface area contributed by atoms with Crippen molar-refractivity contribution in [3.63, 3.8) is 0 Å². The molecule has 60 valence electrons. The monoisotopic (exact) mass is 151 g/mol. The van der Waals surface area contributed by atoms with Crippen molar-refractivity contribution in [2.75, 3.05) is 6.54 Å². The van der Waals surface area contributed by atoms with Crippen LogP contribution < -0.4 is 0 Å². The lowest BCUT2D eigenvalue weighted by Gasteiger charge is -2.32. The molecule has 0 unspecified atom stereocenters. The average molecular weight is 151 g/mol. The van der Waals surface area contributed by atoms with Gasteiger partial charge in [0, 0.05) is 18.7 Å². The Morgan fingerprint density at radius 3 is 3.00 bits per heavy atom. The van der Waals surface area contributed by atoms with E-state index in [1.807, 2.05) is 4.90 Å². The second kappa shape index (κ2) is 2.68. The summed E-state index contributed by atoms with van der Waals surface area (Å²) in [6.07, 6.45) is 7.47. The van der Waals surface area contributed by atoms with Crippen molar-refractivity contribution in [1.29, 1.82) is 0 Å². The van der Waals surface area contributed by atoms with Gasteiger partial charge in [0.25, 0.3) is 0 Å². The number of allylic oxidation sites excluding steroid dienone is 2. The molecule has 0 spiro atoms. The van der Waals surface area contributed by atoms with E-state index in [0.717, 1.165) is 25.8 Å².